The van der Waals surface area contributed by atoms with Crippen LogP contribution in [-0.4, -0.2) is 18.6 Å². The number of nitrogen functional groups attached to an aromatic ring is 1. The molecule has 21 heavy (non-hydrogen) atoms. The molecular formula is C15H17N3O3. The molecule has 0 aromatic heterocycles. The van der Waals surface area contributed by atoms with Gasteiger partial charge >= 0.3 is 0 Å². The van der Waals surface area contributed by atoms with Gasteiger partial charge in [-0.2, -0.15) is 0 Å². The van der Waals surface area contributed by atoms with Crippen LogP contribution in [0.4, 0.5) is 17.1 Å². The van der Waals surface area contributed by atoms with E-state index < -0.39 is 4.92 Å². The molecule has 2 aromatic rings. The van der Waals surface area contributed by atoms with Crippen molar-refractivity contribution >= 4 is 17.1 Å². The Bertz CT molecular complexity index is 644. The molecule has 6 nitrogen and oxygen atoms in total. The number of hydrogen-bond acceptors (Lipinski definition) is 5. The van der Waals surface area contributed by atoms with Gasteiger partial charge in [0, 0.05) is 18.7 Å². The smallest absolute Gasteiger partial charge is 0.271 e. The second-order valence-electron chi connectivity index (χ2n) is 4.56. The Morgan fingerprint density at radius 1 is 1.29 bits per heavy atom. The molecule has 3 N–H and O–H groups in total. The fourth-order valence-electron chi connectivity index (χ4n) is 1.99. The monoisotopic (exact) mass is 287 g/mol. The average Bonchev–Trinajstić information content (AvgIpc) is 2.49. The van der Waals surface area contributed by atoms with Crippen molar-refractivity contribution in [2.75, 3.05) is 24.7 Å². The number of rotatable bonds is 6. The lowest BCUT2D eigenvalue weighted by Gasteiger charge is -2.09. The van der Waals surface area contributed by atoms with E-state index in [4.69, 9.17) is 10.5 Å². The van der Waals surface area contributed by atoms with Gasteiger partial charge in [-0.15, -0.1) is 0 Å². The molecule has 110 valence electrons. The maximum Gasteiger partial charge on any atom is 0.271 e. The number of nitrogens with two attached hydrogens (primary N) is 1. The van der Waals surface area contributed by atoms with Gasteiger partial charge in [0.15, 0.2) is 0 Å². The summed E-state index contributed by atoms with van der Waals surface area (Å²) in [5.41, 5.74) is 8.00. The van der Waals surface area contributed by atoms with Gasteiger partial charge in [-0.3, -0.25) is 10.1 Å². The van der Waals surface area contributed by atoms with E-state index in [-0.39, 0.29) is 5.69 Å². The topological polar surface area (TPSA) is 90.4 Å². The molecule has 0 bridgehead atoms. The summed E-state index contributed by atoms with van der Waals surface area (Å²) in [5.74, 6) is 0.822. The van der Waals surface area contributed by atoms with Crippen LogP contribution in [0.1, 0.15) is 5.56 Å². The predicted octanol–water partition coefficient (Wildman–Crippen LogP) is 2.84. The number of nitrogens with zero attached hydrogens (tertiary/aromatic N) is 1. The zero-order valence-electron chi connectivity index (χ0n) is 11.7. The highest BCUT2D eigenvalue weighted by Gasteiger charge is 2.08. The van der Waals surface area contributed by atoms with E-state index in [2.05, 4.69) is 5.32 Å². The van der Waals surface area contributed by atoms with Crippen molar-refractivity contribution in [3.8, 4) is 5.75 Å². The molecule has 0 amide bonds. The van der Waals surface area contributed by atoms with Gasteiger partial charge in [-0.1, -0.05) is 12.1 Å². The lowest BCUT2D eigenvalue weighted by atomic mass is 10.1. The van der Waals surface area contributed by atoms with Crippen molar-refractivity contribution in [1.82, 2.24) is 0 Å². The molecule has 2 rings (SSSR count). The first-order chi connectivity index (χ1) is 10.1. The van der Waals surface area contributed by atoms with Crippen molar-refractivity contribution in [1.29, 1.82) is 0 Å². The summed E-state index contributed by atoms with van der Waals surface area (Å²) in [5, 5.41) is 13.8. The van der Waals surface area contributed by atoms with Gasteiger partial charge in [0.2, 0.25) is 0 Å². The minimum absolute atomic E-state index is 0.00848. The number of nitro groups is 1. The van der Waals surface area contributed by atoms with Crippen molar-refractivity contribution in [2.24, 2.45) is 0 Å². The van der Waals surface area contributed by atoms with E-state index >= 15 is 0 Å². The van der Waals surface area contributed by atoms with E-state index in [1.807, 2.05) is 24.3 Å². The fourth-order valence-corrected chi connectivity index (χ4v) is 1.99. The molecule has 2 aromatic carbocycles. The second-order valence-corrected chi connectivity index (χ2v) is 4.56. The largest absolute Gasteiger partial charge is 0.497 e. The van der Waals surface area contributed by atoms with Gasteiger partial charge in [0.1, 0.15) is 5.75 Å². The quantitative estimate of drug-likeness (QED) is 0.484. The first-order valence-corrected chi connectivity index (χ1v) is 6.51. The number of nitro benzene ring substituents is 1. The Hall–Kier alpha value is -2.76. The Morgan fingerprint density at radius 2 is 2.10 bits per heavy atom. The third-order valence-corrected chi connectivity index (χ3v) is 3.11. The number of benzene rings is 2. The normalized spacial score (nSPS) is 10.1. The fraction of sp³-hybridized carbons (Fsp3) is 0.200. The standard InChI is InChI=1S/C15H17N3O3/c1-21-13-4-2-3-11(9-13)7-8-17-15-6-5-12(18(19)20)10-14(15)16/h2-6,9-10,17H,7-8,16H2,1H3. The van der Waals surface area contributed by atoms with Crippen molar-refractivity contribution < 1.29 is 9.66 Å². The van der Waals surface area contributed by atoms with Crippen LogP contribution in [-0.2, 0) is 6.42 Å². The molecule has 0 aliphatic carbocycles. The number of ether oxygens (including phenoxy) is 1. The Labute approximate surface area is 122 Å². The van der Waals surface area contributed by atoms with Gasteiger partial charge in [-0.05, 0) is 30.2 Å². The minimum Gasteiger partial charge on any atom is -0.497 e. The van der Waals surface area contributed by atoms with Gasteiger partial charge < -0.3 is 15.8 Å². The van der Waals surface area contributed by atoms with Crippen LogP contribution in [0.2, 0.25) is 0 Å². The molecule has 0 heterocycles. The summed E-state index contributed by atoms with van der Waals surface area (Å²) in [6.07, 6.45) is 0.799. The van der Waals surface area contributed by atoms with E-state index in [1.54, 1.807) is 13.2 Å². The lowest BCUT2D eigenvalue weighted by Crippen LogP contribution is -2.07. The minimum atomic E-state index is -0.462. The molecule has 0 saturated carbocycles. The summed E-state index contributed by atoms with van der Waals surface area (Å²) in [7, 11) is 1.63. The van der Waals surface area contributed by atoms with E-state index in [1.165, 1.54) is 12.1 Å². The molecule has 6 heteroatoms. The van der Waals surface area contributed by atoms with Crippen LogP contribution >= 0.6 is 0 Å². The van der Waals surface area contributed by atoms with Crippen molar-refractivity contribution in [3.63, 3.8) is 0 Å². The molecule has 0 unspecified atom stereocenters. The third kappa shape index (κ3) is 3.85. The van der Waals surface area contributed by atoms with Crippen LogP contribution in [0, 0.1) is 10.1 Å². The average molecular weight is 287 g/mol. The molecule has 0 spiro atoms. The molecule has 0 aliphatic heterocycles. The summed E-state index contributed by atoms with van der Waals surface area (Å²) >= 11 is 0. The summed E-state index contributed by atoms with van der Waals surface area (Å²) < 4.78 is 5.17. The zero-order chi connectivity index (χ0) is 15.2. The highest BCUT2D eigenvalue weighted by molar-refractivity contribution is 5.69. The Kier molecular flexibility index (Phi) is 4.61. The van der Waals surface area contributed by atoms with E-state index in [0.29, 0.717) is 17.9 Å². The van der Waals surface area contributed by atoms with E-state index in [9.17, 15) is 10.1 Å². The number of non-ortho nitro benzene ring substituents is 1. The van der Waals surface area contributed by atoms with Crippen LogP contribution in [0.3, 0.4) is 0 Å². The molecule has 0 radical (unpaired) electrons. The highest BCUT2D eigenvalue weighted by Crippen LogP contribution is 2.24. The molecule has 0 fully saturated rings. The van der Waals surface area contributed by atoms with Gasteiger partial charge in [0.05, 0.1) is 23.4 Å². The number of nitrogens with one attached hydrogen (secondary N) is 1. The Balaban J connectivity index is 1.95. The third-order valence-electron chi connectivity index (χ3n) is 3.11. The SMILES string of the molecule is COc1cccc(CCNc2ccc([N+](=O)[O-])cc2N)c1. The van der Waals surface area contributed by atoms with Crippen LogP contribution in [0.25, 0.3) is 0 Å². The van der Waals surface area contributed by atoms with Crippen molar-refractivity contribution in [3.05, 3.63) is 58.1 Å². The van der Waals surface area contributed by atoms with Crippen molar-refractivity contribution in [2.45, 2.75) is 6.42 Å². The molecule has 0 aliphatic rings. The summed E-state index contributed by atoms with van der Waals surface area (Å²) in [6.45, 7) is 0.676. The van der Waals surface area contributed by atoms with Crippen LogP contribution < -0.4 is 15.8 Å². The summed E-state index contributed by atoms with van der Waals surface area (Å²) in [4.78, 5) is 10.2. The predicted molar refractivity (Wildman–Crippen MR) is 82.7 cm³/mol. The van der Waals surface area contributed by atoms with Crippen LogP contribution in [0.15, 0.2) is 42.5 Å². The zero-order valence-corrected chi connectivity index (χ0v) is 11.7. The van der Waals surface area contributed by atoms with Gasteiger partial charge in [0.25, 0.3) is 5.69 Å². The van der Waals surface area contributed by atoms with Gasteiger partial charge in [-0.25, -0.2) is 0 Å². The number of methoxy groups -OCH3 is 1. The first-order valence-electron chi connectivity index (χ1n) is 6.51. The van der Waals surface area contributed by atoms with Crippen LogP contribution in [0.5, 0.6) is 5.75 Å². The number of anilines is 2. The Morgan fingerprint density at radius 3 is 2.76 bits per heavy atom. The van der Waals surface area contributed by atoms with E-state index in [0.717, 1.165) is 17.7 Å². The number of hydrogen-bond donors (Lipinski definition) is 2. The second kappa shape index (κ2) is 6.60. The molecule has 0 atom stereocenters. The highest BCUT2D eigenvalue weighted by atomic mass is 16.6. The maximum atomic E-state index is 10.6. The molecule has 0 saturated heterocycles. The lowest BCUT2D eigenvalue weighted by molar-refractivity contribution is -0.384. The first kappa shape index (κ1) is 14.6. The summed E-state index contributed by atoms with van der Waals surface area (Å²) in [6, 6.07) is 12.2. The molecular weight excluding hydrogens is 270 g/mol. The maximum absolute atomic E-state index is 10.6.